The van der Waals surface area contributed by atoms with Crippen molar-refractivity contribution in [2.24, 2.45) is 0 Å². The van der Waals surface area contributed by atoms with Gasteiger partial charge in [-0.1, -0.05) is 0 Å². The normalized spacial score (nSPS) is 22.5. The fraction of sp³-hybridized carbons (Fsp3) is 1.00. The molecule has 1 saturated heterocycles. The lowest BCUT2D eigenvalue weighted by Gasteiger charge is -2.31. The van der Waals surface area contributed by atoms with E-state index in [0.29, 0.717) is 13.2 Å². The number of rotatable bonds is 4. The molecule has 72 valence electrons. The molecular weight excluding hydrogens is 156 g/mol. The molecule has 1 rings (SSSR count). The van der Waals surface area contributed by atoms with Gasteiger partial charge in [0.1, 0.15) is 6.23 Å². The number of nitrogens with zero attached hydrogens (tertiary/aromatic N) is 1. The molecule has 1 aliphatic rings. The Hall–Kier alpha value is -0.160. The lowest BCUT2D eigenvalue weighted by atomic mass is 10.3. The molecule has 0 aromatic carbocycles. The van der Waals surface area contributed by atoms with Gasteiger partial charge in [-0.05, 0) is 6.92 Å². The minimum atomic E-state index is -0.424. The van der Waals surface area contributed by atoms with Crippen LogP contribution in [0, 0.1) is 0 Å². The van der Waals surface area contributed by atoms with Crippen molar-refractivity contribution in [3.8, 4) is 0 Å². The monoisotopic (exact) mass is 174 g/mol. The van der Waals surface area contributed by atoms with E-state index in [1.54, 1.807) is 0 Å². The molecular formula is C8H18N2O2. The van der Waals surface area contributed by atoms with Crippen LogP contribution in [-0.4, -0.2) is 55.6 Å². The molecule has 0 bridgehead atoms. The molecule has 0 aromatic heterocycles. The van der Waals surface area contributed by atoms with Crippen molar-refractivity contribution >= 4 is 0 Å². The van der Waals surface area contributed by atoms with Gasteiger partial charge in [0, 0.05) is 32.8 Å². The molecule has 0 aliphatic carbocycles. The Kier molecular flexibility index (Phi) is 4.53. The molecule has 0 radical (unpaired) electrons. The highest BCUT2D eigenvalue weighted by atomic mass is 16.5. The minimum absolute atomic E-state index is 0.424. The van der Waals surface area contributed by atoms with Crippen LogP contribution in [0.25, 0.3) is 0 Å². The number of ether oxygens (including phenoxy) is 1. The largest absolute Gasteiger partial charge is 0.378 e. The van der Waals surface area contributed by atoms with Crippen molar-refractivity contribution in [1.82, 2.24) is 10.2 Å². The van der Waals surface area contributed by atoms with Crippen LogP contribution in [0.1, 0.15) is 6.92 Å². The molecule has 0 saturated carbocycles. The fourth-order valence-electron chi connectivity index (χ4n) is 1.31. The quantitative estimate of drug-likeness (QED) is 0.588. The summed E-state index contributed by atoms with van der Waals surface area (Å²) in [6, 6.07) is 0. The average Bonchev–Trinajstić information content (AvgIpc) is 2.15. The fourth-order valence-corrected chi connectivity index (χ4v) is 1.31. The van der Waals surface area contributed by atoms with Crippen molar-refractivity contribution < 1.29 is 9.84 Å². The highest BCUT2D eigenvalue weighted by Crippen LogP contribution is 1.98. The second kappa shape index (κ2) is 5.48. The highest BCUT2D eigenvalue weighted by Gasteiger charge is 2.17. The average molecular weight is 174 g/mol. The maximum atomic E-state index is 9.58. The molecule has 0 aromatic rings. The first-order chi connectivity index (χ1) is 5.84. The predicted molar refractivity (Wildman–Crippen MR) is 46.9 cm³/mol. The summed E-state index contributed by atoms with van der Waals surface area (Å²) in [4.78, 5) is 2.03. The van der Waals surface area contributed by atoms with Crippen LogP contribution in [0.2, 0.25) is 0 Å². The molecule has 1 heterocycles. The van der Waals surface area contributed by atoms with Crippen molar-refractivity contribution in [1.29, 1.82) is 0 Å². The summed E-state index contributed by atoms with van der Waals surface area (Å²) >= 11 is 0. The Morgan fingerprint density at radius 1 is 1.50 bits per heavy atom. The molecule has 0 amide bonds. The Bertz CT molecular complexity index is 116. The number of hydrogen-bond acceptors (Lipinski definition) is 4. The van der Waals surface area contributed by atoms with E-state index in [9.17, 15) is 5.11 Å². The van der Waals surface area contributed by atoms with Crippen LogP contribution in [-0.2, 0) is 4.74 Å². The van der Waals surface area contributed by atoms with Gasteiger partial charge in [0.05, 0.1) is 6.61 Å². The second-order valence-electron chi connectivity index (χ2n) is 2.93. The first-order valence-corrected chi connectivity index (χ1v) is 4.55. The van der Waals surface area contributed by atoms with Crippen molar-refractivity contribution in [3.63, 3.8) is 0 Å². The molecule has 4 nitrogen and oxygen atoms in total. The molecule has 0 unspecified atom stereocenters. The van der Waals surface area contributed by atoms with E-state index in [1.165, 1.54) is 0 Å². The Morgan fingerprint density at radius 3 is 2.75 bits per heavy atom. The topological polar surface area (TPSA) is 44.7 Å². The van der Waals surface area contributed by atoms with Gasteiger partial charge in [-0.25, -0.2) is 0 Å². The van der Waals surface area contributed by atoms with E-state index in [0.717, 1.165) is 26.2 Å². The van der Waals surface area contributed by atoms with E-state index < -0.39 is 6.23 Å². The zero-order valence-corrected chi connectivity index (χ0v) is 7.62. The summed E-state index contributed by atoms with van der Waals surface area (Å²) in [5, 5.41) is 12.8. The third-order valence-corrected chi connectivity index (χ3v) is 2.04. The number of hydrogen-bond donors (Lipinski definition) is 2. The van der Waals surface area contributed by atoms with Crippen LogP contribution in [0.3, 0.4) is 0 Å². The first-order valence-electron chi connectivity index (χ1n) is 4.55. The Labute approximate surface area is 73.5 Å². The van der Waals surface area contributed by atoms with E-state index in [1.807, 2.05) is 11.8 Å². The highest BCUT2D eigenvalue weighted by molar-refractivity contribution is 4.69. The van der Waals surface area contributed by atoms with E-state index >= 15 is 0 Å². The van der Waals surface area contributed by atoms with Crippen molar-refractivity contribution in [3.05, 3.63) is 0 Å². The third kappa shape index (κ3) is 3.06. The lowest BCUT2D eigenvalue weighted by Crippen LogP contribution is -2.49. The molecule has 1 atom stereocenters. The maximum Gasteiger partial charge on any atom is 0.131 e. The molecule has 1 fully saturated rings. The van der Waals surface area contributed by atoms with Crippen LogP contribution in [0.4, 0.5) is 0 Å². The van der Waals surface area contributed by atoms with E-state index in [-0.39, 0.29) is 0 Å². The summed E-state index contributed by atoms with van der Waals surface area (Å²) in [7, 11) is 0. The Morgan fingerprint density at radius 2 is 2.17 bits per heavy atom. The third-order valence-electron chi connectivity index (χ3n) is 2.04. The predicted octanol–water partition coefficient (Wildman–Crippen LogP) is -0.753. The van der Waals surface area contributed by atoms with Gasteiger partial charge in [0.15, 0.2) is 0 Å². The summed E-state index contributed by atoms with van der Waals surface area (Å²) in [5.74, 6) is 0. The molecule has 0 spiro atoms. The zero-order chi connectivity index (χ0) is 8.81. The standard InChI is InChI=1S/C8H18N2O2/c1-2-12-7-8(11)10-5-3-9-4-6-10/h8-9,11H,2-7H2,1H3/t8-/m1/s1. The van der Waals surface area contributed by atoms with Gasteiger partial charge >= 0.3 is 0 Å². The number of aliphatic hydroxyl groups excluding tert-OH is 1. The van der Waals surface area contributed by atoms with Crippen LogP contribution in [0.15, 0.2) is 0 Å². The van der Waals surface area contributed by atoms with Crippen LogP contribution >= 0.6 is 0 Å². The zero-order valence-electron chi connectivity index (χ0n) is 7.62. The van der Waals surface area contributed by atoms with Crippen LogP contribution < -0.4 is 5.32 Å². The summed E-state index contributed by atoms with van der Waals surface area (Å²) in [6.07, 6.45) is -0.424. The lowest BCUT2D eigenvalue weighted by molar-refractivity contribution is -0.0602. The van der Waals surface area contributed by atoms with Gasteiger partial charge < -0.3 is 15.2 Å². The first kappa shape index (κ1) is 9.92. The molecule has 4 heteroatoms. The van der Waals surface area contributed by atoms with Crippen molar-refractivity contribution in [2.45, 2.75) is 13.2 Å². The molecule has 1 aliphatic heterocycles. The van der Waals surface area contributed by atoms with E-state index in [2.05, 4.69) is 5.32 Å². The Balaban J connectivity index is 2.15. The minimum Gasteiger partial charge on any atom is -0.378 e. The van der Waals surface area contributed by atoms with Crippen molar-refractivity contribution in [2.75, 3.05) is 39.4 Å². The molecule has 12 heavy (non-hydrogen) atoms. The van der Waals surface area contributed by atoms with Crippen LogP contribution in [0.5, 0.6) is 0 Å². The smallest absolute Gasteiger partial charge is 0.131 e. The number of piperazine rings is 1. The number of aliphatic hydroxyl groups is 1. The van der Waals surface area contributed by atoms with E-state index in [4.69, 9.17) is 4.74 Å². The van der Waals surface area contributed by atoms with Gasteiger partial charge in [-0.3, -0.25) is 4.90 Å². The number of nitrogens with one attached hydrogen (secondary N) is 1. The molecule has 2 N–H and O–H groups in total. The van der Waals surface area contributed by atoms with Gasteiger partial charge in [0.25, 0.3) is 0 Å². The maximum absolute atomic E-state index is 9.58. The van der Waals surface area contributed by atoms with Gasteiger partial charge in [-0.15, -0.1) is 0 Å². The van der Waals surface area contributed by atoms with Gasteiger partial charge in [0.2, 0.25) is 0 Å². The van der Waals surface area contributed by atoms with Gasteiger partial charge in [-0.2, -0.15) is 0 Å². The SMILES string of the molecule is CCOC[C@@H](O)N1CCNCC1. The second-order valence-corrected chi connectivity index (χ2v) is 2.93. The summed E-state index contributed by atoms with van der Waals surface area (Å²) in [5.41, 5.74) is 0. The summed E-state index contributed by atoms with van der Waals surface area (Å²) < 4.78 is 5.14. The summed E-state index contributed by atoms with van der Waals surface area (Å²) in [6.45, 7) is 6.78.